The Morgan fingerprint density at radius 3 is 2.59 bits per heavy atom. The van der Waals surface area contributed by atoms with Crippen LogP contribution in [0.5, 0.6) is 5.75 Å². The van der Waals surface area contributed by atoms with E-state index < -0.39 is 0 Å². The van der Waals surface area contributed by atoms with E-state index in [0.717, 1.165) is 53.1 Å². The zero-order valence-corrected chi connectivity index (χ0v) is 20.5. The summed E-state index contributed by atoms with van der Waals surface area (Å²) in [6.07, 6.45) is 1.89. The van der Waals surface area contributed by atoms with Gasteiger partial charge in [0.1, 0.15) is 11.6 Å². The smallest absolute Gasteiger partial charge is 0.251 e. The number of benzene rings is 3. The van der Waals surface area contributed by atoms with Gasteiger partial charge in [0.25, 0.3) is 5.91 Å². The van der Waals surface area contributed by atoms with Crippen LogP contribution < -0.4 is 10.1 Å². The fraction of sp³-hybridized carbons (Fsp3) is 0.310. The normalized spacial score (nSPS) is 12.0. The number of aromatic nitrogens is 2. The average Bonchev–Trinajstić information content (AvgIpc) is 3.20. The van der Waals surface area contributed by atoms with Crippen LogP contribution in [-0.4, -0.2) is 22.1 Å². The minimum absolute atomic E-state index is 0.0864. The number of unbranched alkanes of at least 4 members (excludes halogenated alkanes) is 1. The van der Waals surface area contributed by atoms with Gasteiger partial charge in [-0.2, -0.15) is 0 Å². The van der Waals surface area contributed by atoms with E-state index in [1.807, 2.05) is 56.3 Å². The molecule has 0 aliphatic heterocycles. The van der Waals surface area contributed by atoms with E-state index in [-0.39, 0.29) is 11.9 Å². The molecule has 0 radical (unpaired) electrons. The predicted molar refractivity (Wildman–Crippen MR) is 137 cm³/mol. The number of amides is 1. The highest BCUT2D eigenvalue weighted by Crippen LogP contribution is 2.23. The van der Waals surface area contributed by atoms with Crippen molar-refractivity contribution in [3.05, 3.63) is 94.8 Å². The average molecular weight is 456 g/mol. The molecule has 5 nitrogen and oxygen atoms in total. The van der Waals surface area contributed by atoms with Gasteiger partial charge in [0, 0.05) is 12.1 Å². The lowest BCUT2D eigenvalue weighted by Gasteiger charge is -2.17. The zero-order valence-electron chi connectivity index (χ0n) is 20.5. The van der Waals surface area contributed by atoms with E-state index in [2.05, 4.69) is 48.0 Å². The lowest BCUT2D eigenvalue weighted by atomic mass is 10.1. The van der Waals surface area contributed by atoms with E-state index in [0.29, 0.717) is 12.2 Å². The highest BCUT2D eigenvalue weighted by Gasteiger charge is 2.19. The summed E-state index contributed by atoms with van der Waals surface area (Å²) in [6, 6.07) is 21.9. The summed E-state index contributed by atoms with van der Waals surface area (Å²) >= 11 is 0. The number of ether oxygens (including phenoxy) is 1. The van der Waals surface area contributed by atoms with Gasteiger partial charge in [-0.05, 0) is 82.0 Å². The number of carbonyl (C=O) groups is 1. The van der Waals surface area contributed by atoms with Gasteiger partial charge in [-0.1, -0.05) is 42.0 Å². The van der Waals surface area contributed by atoms with E-state index in [9.17, 15) is 4.79 Å². The number of hydrogen-bond acceptors (Lipinski definition) is 3. The Balaban J connectivity index is 1.43. The SMILES string of the molecule is Cc1cccc(C(=O)NC(C)c2nc3ccccc3n2CCCCOc2cc(C)ccc2C)c1. The Hall–Kier alpha value is -3.60. The molecule has 0 aliphatic rings. The monoisotopic (exact) mass is 455 g/mol. The van der Waals surface area contributed by atoms with Crippen LogP contribution >= 0.6 is 0 Å². The summed E-state index contributed by atoms with van der Waals surface area (Å²) in [7, 11) is 0. The van der Waals surface area contributed by atoms with Crippen molar-refractivity contribution in [1.29, 1.82) is 0 Å². The molecule has 1 heterocycles. The van der Waals surface area contributed by atoms with Gasteiger partial charge in [0.2, 0.25) is 0 Å². The molecule has 176 valence electrons. The molecule has 1 amide bonds. The molecule has 1 unspecified atom stereocenters. The van der Waals surface area contributed by atoms with Crippen LogP contribution in [0.2, 0.25) is 0 Å². The molecule has 0 aliphatic carbocycles. The highest BCUT2D eigenvalue weighted by molar-refractivity contribution is 5.94. The maximum Gasteiger partial charge on any atom is 0.251 e. The molecule has 4 aromatic rings. The first kappa shape index (κ1) is 23.6. The summed E-state index contributed by atoms with van der Waals surface area (Å²) in [5, 5.41) is 3.13. The van der Waals surface area contributed by atoms with Crippen LogP contribution in [-0.2, 0) is 6.54 Å². The molecule has 34 heavy (non-hydrogen) atoms. The molecule has 3 aromatic carbocycles. The number of aryl methyl sites for hydroxylation is 4. The van der Waals surface area contributed by atoms with Gasteiger partial charge < -0.3 is 14.6 Å². The number of hydrogen-bond donors (Lipinski definition) is 1. The minimum atomic E-state index is -0.216. The van der Waals surface area contributed by atoms with Gasteiger partial charge >= 0.3 is 0 Å². The predicted octanol–water partition coefficient (Wildman–Crippen LogP) is 6.31. The molecule has 0 saturated carbocycles. The fourth-order valence-electron chi connectivity index (χ4n) is 4.21. The first-order valence-electron chi connectivity index (χ1n) is 11.9. The standard InChI is InChI=1S/C29H33N3O2/c1-20-10-9-11-24(18-20)29(33)30-23(4)28-31-25-12-5-6-13-26(25)32(28)16-7-8-17-34-27-19-21(2)14-15-22(27)3/h5-6,9-15,18-19,23H,7-8,16-17H2,1-4H3,(H,30,33). The van der Waals surface area contributed by atoms with Crippen molar-refractivity contribution in [2.24, 2.45) is 0 Å². The second-order valence-electron chi connectivity index (χ2n) is 9.00. The van der Waals surface area contributed by atoms with Gasteiger partial charge in [-0.25, -0.2) is 4.98 Å². The van der Waals surface area contributed by atoms with Crippen molar-refractivity contribution in [3.63, 3.8) is 0 Å². The summed E-state index contributed by atoms with van der Waals surface area (Å²) in [5.74, 6) is 1.75. The van der Waals surface area contributed by atoms with Crippen LogP contribution in [0.1, 0.15) is 58.7 Å². The third-order valence-corrected chi connectivity index (χ3v) is 6.08. The van der Waals surface area contributed by atoms with Gasteiger partial charge in [-0.3, -0.25) is 4.79 Å². The molecule has 0 saturated heterocycles. The molecule has 0 spiro atoms. The molecular weight excluding hydrogens is 422 g/mol. The Labute approximate surface area is 201 Å². The zero-order chi connectivity index (χ0) is 24.1. The van der Waals surface area contributed by atoms with E-state index >= 15 is 0 Å². The molecule has 5 heteroatoms. The van der Waals surface area contributed by atoms with Crippen molar-refractivity contribution in [2.45, 2.75) is 53.1 Å². The third-order valence-electron chi connectivity index (χ3n) is 6.08. The van der Waals surface area contributed by atoms with Gasteiger partial charge in [0.05, 0.1) is 23.7 Å². The molecule has 1 atom stereocenters. The van der Waals surface area contributed by atoms with Crippen LogP contribution in [0, 0.1) is 20.8 Å². The van der Waals surface area contributed by atoms with Gasteiger partial charge in [-0.15, -0.1) is 0 Å². The molecule has 1 aromatic heterocycles. The van der Waals surface area contributed by atoms with E-state index in [1.54, 1.807) is 0 Å². The number of nitrogens with one attached hydrogen (secondary N) is 1. The maximum absolute atomic E-state index is 12.8. The number of para-hydroxylation sites is 2. The number of nitrogens with zero attached hydrogens (tertiary/aromatic N) is 2. The quantitative estimate of drug-likeness (QED) is 0.301. The topological polar surface area (TPSA) is 56.2 Å². The van der Waals surface area contributed by atoms with E-state index in [4.69, 9.17) is 9.72 Å². The summed E-state index contributed by atoms with van der Waals surface area (Å²) in [5.41, 5.74) is 6.13. The molecule has 0 fully saturated rings. The third kappa shape index (κ3) is 5.48. The maximum atomic E-state index is 12.8. The van der Waals surface area contributed by atoms with Crippen molar-refractivity contribution < 1.29 is 9.53 Å². The Morgan fingerprint density at radius 1 is 0.971 bits per heavy atom. The Morgan fingerprint density at radius 2 is 1.76 bits per heavy atom. The highest BCUT2D eigenvalue weighted by atomic mass is 16.5. The van der Waals surface area contributed by atoms with Crippen LogP contribution in [0.15, 0.2) is 66.7 Å². The summed E-state index contributed by atoms with van der Waals surface area (Å²) in [4.78, 5) is 17.7. The first-order chi connectivity index (χ1) is 16.4. The van der Waals surface area contributed by atoms with Crippen LogP contribution in [0.3, 0.4) is 0 Å². The number of carbonyl (C=O) groups excluding carboxylic acids is 1. The first-order valence-corrected chi connectivity index (χ1v) is 11.9. The minimum Gasteiger partial charge on any atom is -0.493 e. The Kier molecular flexibility index (Phi) is 7.31. The van der Waals surface area contributed by atoms with Crippen molar-refractivity contribution in [3.8, 4) is 5.75 Å². The van der Waals surface area contributed by atoms with Crippen LogP contribution in [0.25, 0.3) is 11.0 Å². The summed E-state index contributed by atoms with van der Waals surface area (Å²) < 4.78 is 8.26. The molecule has 1 N–H and O–H groups in total. The molecule has 0 bridgehead atoms. The largest absolute Gasteiger partial charge is 0.493 e. The molecular formula is C29H33N3O2. The van der Waals surface area contributed by atoms with Crippen LogP contribution in [0.4, 0.5) is 0 Å². The second-order valence-corrected chi connectivity index (χ2v) is 9.00. The molecule has 4 rings (SSSR count). The number of rotatable bonds is 9. The second kappa shape index (κ2) is 10.6. The number of imidazole rings is 1. The Bertz CT molecular complexity index is 1290. The van der Waals surface area contributed by atoms with E-state index in [1.165, 1.54) is 5.56 Å². The lowest BCUT2D eigenvalue weighted by molar-refractivity contribution is 0.0937. The lowest BCUT2D eigenvalue weighted by Crippen LogP contribution is -2.28. The fourth-order valence-corrected chi connectivity index (χ4v) is 4.21. The number of fused-ring (bicyclic) bond motifs is 1. The van der Waals surface area contributed by atoms with Crippen molar-refractivity contribution in [1.82, 2.24) is 14.9 Å². The summed E-state index contributed by atoms with van der Waals surface area (Å²) in [6.45, 7) is 9.63. The van der Waals surface area contributed by atoms with Crippen molar-refractivity contribution in [2.75, 3.05) is 6.61 Å². The van der Waals surface area contributed by atoms with Gasteiger partial charge in [0.15, 0.2) is 0 Å². The van der Waals surface area contributed by atoms with Crippen molar-refractivity contribution >= 4 is 16.9 Å².